The third-order valence-corrected chi connectivity index (χ3v) is 7.84. The van der Waals surface area contributed by atoms with Crippen LogP contribution in [0.2, 0.25) is 0 Å². The third-order valence-electron chi connectivity index (χ3n) is 7.84. The van der Waals surface area contributed by atoms with E-state index in [2.05, 4.69) is 19.1 Å². The summed E-state index contributed by atoms with van der Waals surface area (Å²) < 4.78 is 11.3. The first-order valence-electron chi connectivity index (χ1n) is 13.3. The van der Waals surface area contributed by atoms with Gasteiger partial charge in [0.15, 0.2) is 0 Å². The molecule has 1 heterocycles. The second kappa shape index (κ2) is 11.7. The molecule has 4 rings (SSSR count). The smallest absolute Gasteiger partial charge is 0.321 e. The van der Waals surface area contributed by atoms with Crippen LogP contribution in [-0.4, -0.2) is 48.9 Å². The van der Waals surface area contributed by atoms with Gasteiger partial charge in [0.05, 0.1) is 13.2 Å². The number of nitrogen functional groups attached to an aromatic ring is 1. The van der Waals surface area contributed by atoms with Crippen molar-refractivity contribution < 1.29 is 19.1 Å². The Bertz CT molecular complexity index is 1350. The van der Waals surface area contributed by atoms with Gasteiger partial charge in [0, 0.05) is 12.1 Å². The molecule has 1 amide bonds. The van der Waals surface area contributed by atoms with Crippen molar-refractivity contribution >= 4 is 17.7 Å². The number of nitrogens with zero attached hydrogens (tertiary/aromatic N) is 1. The number of rotatable bonds is 10. The van der Waals surface area contributed by atoms with Crippen molar-refractivity contribution in [2.75, 3.05) is 20.3 Å². The summed E-state index contributed by atoms with van der Waals surface area (Å²) in [5.41, 5.74) is 10.5. The van der Waals surface area contributed by atoms with E-state index in [1.54, 1.807) is 11.8 Å². The number of likely N-dealkylation sites (tertiary alicyclic amines) is 1. The molecule has 0 aliphatic carbocycles. The monoisotopic (exact) mass is 527 g/mol. The van der Waals surface area contributed by atoms with Crippen LogP contribution in [0, 0.1) is 24.7 Å². The van der Waals surface area contributed by atoms with Gasteiger partial charge in [-0.2, -0.15) is 0 Å². The van der Waals surface area contributed by atoms with Crippen molar-refractivity contribution in [3.63, 3.8) is 0 Å². The van der Waals surface area contributed by atoms with E-state index >= 15 is 0 Å². The minimum atomic E-state index is -1.21. The molecular weight excluding hydrogens is 490 g/mol. The molecule has 1 fully saturated rings. The highest BCUT2D eigenvalue weighted by atomic mass is 16.5. The van der Waals surface area contributed by atoms with Gasteiger partial charge in [-0.1, -0.05) is 60.7 Å². The molecule has 2 atom stereocenters. The summed E-state index contributed by atoms with van der Waals surface area (Å²) in [4.78, 5) is 27.8. The number of ether oxygens (including phenoxy) is 2. The zero-order valence-corrected chi connectivity index (χ0v) is 23.1. The average Bonchev–Trinajstić information content (AvgIpc) is 3.19. The molecule has 1 aliphatic rings. The number of amides is 1. The minimum Gasteiger partial charge on any atom is -0.491 e. The first kappa shape index (κ1) is 27.9. The van der Waals surface area contributed by atoms with Crippen LogP contribution in [0.25, 0.3) is 11.1 Å². The molecule has 1 saturated heterocycles. The molecule has 0 bridgehead atoms. The van der Waals surface area contributed by atoms with Gasteiger partial charge in [0.25, 0.3) is 0 Å². The summed E-state index contributed by atoms with van der Waals surface area (Å²) in [6.45, 7) is 6.58. The molecule has 3 N–H and O–H groups in total. The van der Waals surface area contributed by atoms with Crippen LogP contribution in [-0.2, 0) is 20.7 Å². The van der Waals surface area contributed by atoms with Crippen LogP contribution in [0.5, 0.6) is 5.75 Å². The number of methoxy groups -OCH3 is 1. The third kappa shape index (κ3) is 5.82. The quantitative estimate of drug-likeness (QED) is 0.166. The molecule has 0 radical (unpaired) electrons. The van der Waals surface area contributed by atoms with Crippen molar-refractivity contribution in [1.82, 2.24) is 4.90 Å². The van der Waals surface area contributed by atoms with E-state index in [1.807, 2.05) is 61.5 Å². The van der Waals surface area contributed by atoms with Gasteiger partial charge >= 0.3 is 5.97 Å². The van der Waals surface area contributed by atoms with Crippen molar-refractivity contribution in [2.24, 2.45) is 11.1 Å². The van der Waals surface area contributed by atoms with Gasteiger partial charge < -0.3 is 20.1 Å². The fraction of sp³-hybridized carbons (Fsp3) is 0.344. The molecular formula is C32H37N3O4. The maximum absolute atomic E-state index is 13.4. The van der Waals surface area contributed by atoms with E-state index < -0.39 is 11.4 Å². The van der Waals surface area contributed by atoms with Gasteiger partial charge in [-0.3, -0.25) is 15.0 Å². The van der Waals surface area contributed by atoms with Gasteiger partial charge in [-0.05, 0) is 73.9 Å². The molecule has 3 aromatic carbocycles. The molecule has 204 valence electrons. The molecule has 7 heteroatoms. The summed E-state index contributed by atoms with van der Waals surface area (Å²) in [6, 6.07) is 21.5. The van der Waals surface area contributed by atoms with Crippen LogP contribution in [0.15, 0.2) is 66.7 Å². The summed E-state index contributed by atoms with van der Waals surface area (Å²) in [5.74, 6) is 0.0875. The molecule has 0 spiro atoms. The molecule has 3 aromatic rings. The standard InChI is InChI=1S/C32H37N3O4/c1-21-22(2)28(17-16-27(21)24-12-14-25(15-13-24)29(33)34)39-20-26-19-32(3,31(37)38-4)30(36)35(26)18-8-11-23-9-6-5-7-10-23/h5-7,9-10,12-17,26H,8,11,18-20H2,1-4H3,(H3,33,34)/t26-,32-/m0/s1. The Morgan fingerprint density at radius 3 is 2.38 bits per heavy atom. The molecule has 0 aromatic heterocycles. The number of carbonyl (C=O) groups excluding carboxylic acids is 2. The molecule has 1 aliphatic heterocycles. The number of nitrogens with two attached hydrogens (primary N) is 1. The SMILES string of the molecule is COC(=O)[C@@]1(C)C[C@@H](COc2ccc(-c3ccc(C(=N)N)cc3)c(C)c2C)N(CCCc2ccccc2)C1=O. The Morgan fingerprint density at radius 2 is 1.74 bits per heavy atom. The molecule has 0 saturated carbocycles. The van der Waals surface area contributed by atoms with Crippen molar-refractivity contribution in [3.05, 3.63) is 89.0 Å². The number of aryl methyl sites for hydroxylation is 1. The van der Waals surface area contributed by atoms with Gasteiger partial charge in [0.1, 0.15) is 23.6 Å². The molecule has 0 unspecified atom stereocenters. The predicted molar refractivity (Wildman–Crippen MR) is 153 cm³/mol. The Hall–Kier alpha value is -4.13. The minimum absolute atomic E-state index is 0.0426. The molecule has 39 heavy (non-hydrogen) atoms. The first-order chi connectivity index (χ1) is 18.7. The first-order valence-corrected chi connectivity index (χ1v) is 13.3. The number of esters is 1. The van der Waals surface area contributed by atoms with E-state index in [9.17, 15) is 9.59 Å². The van der Waals surface area contributed by atoms with E-state index in [1.165, 1.54) is 12.7 Å². The van der Waals surface area contributed by atoms with Crippen LogP contribution < -0.4 is 10.5 Å². The Balaban J connectivity index is 1.49. The van der Waals surface area contributed by atoms with Gasteiger partial charge in [-0.25, -0.2) is 0 Å². The number of hydrogen-bond acceptors (Lipinski definition) is 5. The Morgan fingerprint density at radius 1 is 1.05 bits per heavy atom. The normalized spacial score (nSPS) is 18.7. The number of benzene rings is 3. The number of hydrogen-bond donors (Lipinski definition) is 2. The van der Waals surface area contributed by atoms with Crippen molar-refractivity contribution in [3.8, 4) is 16.9 Å². The summed E-state index contributed by atoms with van der Waals surface area (Å²) in [6.07, 6.45) is 1.99. The highest BCUT2D eigenvalue weighted by molar-refractivity contribution is 6.04. The van der Waals surface area contributed by atoms with Crippen LogP contribution >= 0.6 is 0 Å². The maximum Gasteiger partial charge on any atom is 0.321 e. The van der Waals surface area contributed by atoms with E-state index in [-0.39, 0.29) is 24.4 Å². The zero-order valence-electron chi connectivity index (χ0n) is 23.1. The Kier molecular flexibility index (Phi) is 8.38. The van der Waals surface area contributed by atoms with Gasteiger partial charge in [0.2, 0.25) is 5.91 Å². The summed E-state index contributed by atoms with van der Waals surface area (Å²) in [5, 5.41) is 7.61. The highest BCUT2D eigenvalue weighted by Crippen LogP contribution is 2.38. The zero-order chi connectivity index (χ0) is 28.2. The lowest BCUT2D eigenvalue weighted by Crippen LogP contribution is -2.41. The fourth-order valence-electron chi connectivity index (χ4n) is 5.36. The van der Waals surface area contributed by atoms with Crippen LogP contribution in [0.1, 0.15) is 42.0 Å². The largest absolute Gasteiger partial charge is 0.491 e. The summed E-state index contributed by atoms with van der Waals surface area (Å²) >= 11 is 0. The van der Waals surface area contributed by atoms with Crippen LogP contribution in [0.3, 0.4) is 0 Å². The fourth-order valence-corrected chi connectivity index (χ4v) is 5.36. The van der Waals surface area contributed by atoms with E-state index in [0.717, 1.165) is 40.8 Å². The highest BCUT2D eigenvalue weighted by Gasteiger charge is 2.54. The maximum atomic E-state index is 13.4. The number of nitrogens with one attached hydrogen (secondary N) is 1. The van der Waals surface area contributed by atoms with E-state index in [4.69, 9.17) is 20.6 Å². The average molecular weight is 528 g/mol. The second-order valence-electron chi connectivity index (χ2n) is 10.4. The topological polar surface area (TPSA) is 106 Å². The van der Waals surface area contributed by atoms with Crippen LogP contribution in [0.4, 0.5) is 0 Å². The number of carbonyl (C=O) groups is 2. The Labute approximate surface area is 230 Å². The lowest BCUT2D eigenvalue weighted by molar-refractivity contribution is -0.157. The predicted octanol–water partition coefficient (Wildman–Crippen LogP) is 5.05. The van der Waals surface area contributed by atoms with Gasteiger partial charge in [-0.15, -0.1) is 0 Å². The summed E-state index contributed by atoms with van der Waals surface area (Å²) in [7, 11) is 1.33. The lowest BCUT2D eigenvalue weighted by atomic mass is 9.87. The van der Waals surface area contributed by atoms with Crippen molar-refractivity contribution in [1.29, 1.82) is 5.41 Å². The molecule has 7 nitrogen and oxygen atoms in total. The van der Waals surface area contributed by atoms with Crippen molar-refractivity contribution in [2.45, 2.75) is 46.1 Å². The second-order valence-corrected chi connectivity index (χ2v) is 10.4. The van der Waals surface area contributed by atoms with E-state index in [0.29, 0.717) is 18.5 Å². The lowest BCUT2D eigenvalue weighted by Gasteiger charge is -2.26. The number of amidine groups is 1.